The maximum Gasteiger partial charge on any atom is 0.280 e. The summed E-state index contributed by atoms with van der Waals surface area (Å²) in [7, 11) is 0. The van der Waals surface area contributed by atoms with E-state index in [-0.39, 0.29) is 16.4 Å². The lowest BCUT2D eigenvalue weighted by molar-refractivity contribution is 0.146. The van der Waals surface area contributed by atoms with Crippen LogP contribution in [0.4, 0.5) is 8.78 Å². The fraction of sp³-hybridized carbons (Fsp3) is 0.125. The van der Waals surface area contributed by atoms with E-state index < -0.39 is 12.1 Å². The van der Waals surface area contributed by atoms with Crippen LogP contribution in [0.1, 0.15) is 17.7 Å². The number of fused-ring (bicyclic) bond motifs is 1. The summed E-state index contributed by atoms with van der Waals surface area (Å²) in [5, 5.41) is 12.4. The number of hydrogen-bond donors (Lipinski definition) is 0. The Kier molecular flexibility index (Phi) is 2.25. The first kappa shape index (κ1) is 9.80. The SMILES string of the molecule is N#Cc1cnn2c(Cl)cc(C(F)F)nc12. The van der Waals surface area contributed by atoms with Crippen LogP contribution in [-0.2, 0) is 0 Å². The lowest BCUT2D eigenvalue weighted by Gasteiger charge is -2.01. The van der Waals surface area contributed by atoms with Crippen LogP contribution in [0, 0.1) is 11.3 Å². The molecule has 7 heteroatoms. The van der Waals surface area contributed by atoms with Crippen molar-refractivity contribution in [3.8, 4) is 6.07 Å². The first-order chi connectivity index (χ1) is 7.13. The predicted molar refractivity (Wildman–Crippen MR) is 47.7 cm³/mol. The molecule has 0 spiro atoms. The highest BCUT2D eigenvalue weighted by Gasteiger charge is 2.15. The molecule has 0 unspecified atom stereocenters. The molecule has 0 atom stereocenters. The Morgan fingerprint density at radius 2 is 2.27 bits per heavy atom. The molecule has 0 aliphatic heterocycles. The van der Waals surface area contributed by atoms with Crippen LogP contribution in [0.5, 0.6) is 0 Å². The highest BCUT2D eigenvalue weighted by atomic mass is 35.5. The predicted octanol–water partition coefficient (Wildman–Crippen LogP) is 2.19. The average molecular weight is 229 g/mol. The summed E-state index contributed by atoms with van der Waals surface area (Å²) >= 11 is 5.69. The smallest absolute Gasteiger partial charge is 0.226 e. The zero-order chi connectivity index (χ0) is 11.0. The monoisotopic (exact) mass is 228 g/mol. The van der Waals surface area contributed by atoms with E-state index in [0.29, 0.717) is 0 Å². The molecule has 0 bridgehead atoms. The molecule has 0 aliphatic rings. The maximum atomic E-state index is 12.4. The molecule has 0 fully saturated rings. The summed E-state index contributed by atoms with van der Waals surface area (Å²) in [5.41, 5.74) is -0.316. The minimum atomic E-state index is -2.73. The van der Waals surface area contributed by atoms with Crippen molar-refractivity contribution in [1.82, 2.24) is 14.6 Å². The number of nitriles is 1. The van der Waals surface area contributed by atoms with Crippen LogP contribution in [-0.4, -0.2) is 14.6 Å². The van der Waals surface area contributed by atoms with Gasteiger partial charge in [-0.1, -0.05) is 11.6 Å². The van der Waals surface area contributed by atoms with E-state index >= 15 is 0 Å². The summed E-state index contributed by atoms with van der Waals surface area (Å²) in [6.45, 7) is 0. The lowest BCUT2D eigenvalue weighted by atomic mass is 10.3. The first-order valence-corrected chi connectivity index (χ1v) is 4.23. The molecule has 0 aromatic carbocycles. The van der Waals surface area contributed by atoms with Crippen molar-refractivity contribution in [2.75, 3.05) is 0 Å². The number of hydrogen-bond acceptors (Lipinski definition) is 3. The number of aromatic nitrogens is 3. The minimum absolute atomic E-state index is 0.00296. The van der Waals surface area contributed by atoms with Gasteiger partial charge < -0.3 is 0 Å². The van der Waals surface area contributed by atoms with Crippen molar-refractivity contribution in [2.24, 2.45) is 0 Å². The number of nitrogens with zero attached hydrogens (tertiary/aromatic N) is 4. The van der Waals surface area contributed by atoms with E-state index in [2.05, 4.69) is 10.1 Å². The van der Waals surface area contributed by atoms with Gasteiger partial charge in [0, 0.05) is 6.07 Å². The van der Waals surface area contributed by atoms with Gasteiger partial charge in [0.2, 0.25) is 0 Å². The van der Waals surface area contributed by atoms with Crippen LogP contribution in [0.2, 0.25) is 5.15 Å². The fourth-order valence-electron chi connectivity index (χ4n) is 1.13. The van der Waals surface area contributed by atoms with Crippen LogP contribution in [0.25, 0.3) is 5.65 Å². The number of alkyl halides is 2. The van der Waals surface area contributed by atoms with Gasteiger partial charge in [-0.15, -0.1) is 0 Å². The average Bonchev–Trinajstić information content (AvgIpc) is 2.60. The Morgan fingerprint density at radius 1 is 1.53 bits per heavy atom. The van der Waals surface area contributed by atoms with Crippen molar-refractivity contribution in [1.29, 1.82) is 5.26 Å². The second-order valence-electron chi connectivity index (χ2n) is 2.71. The van der Waals surface area contributed by atoms with Gasteiger partial charge in [0.15, 0.2) is 5.65 Å². The largest absolute Gasteiger partial charge is 0.280 e. The topological polar surface area (TPSA) is 54.0 Å². The van der Waals surface area contributed by atoms with E-state index in [4.69, 9.17) is 16.9 Å². The summed E-state index contributed by atoms with van der Waals surface area (Å²) < 4.78 is 25.9. The van der Waals surface area contributed by atoms with Crippen molar-refractivity contribution in [3.63, 3.8) is 0 Å². The molecule has 2 aromatic heterocycles. The van der Waals surface area contributed by atoms with Gasteiger partial charge in [0.05, 0.1) is 6.20 Å². The molecule has 2 aromatic rings. The third-order valence-electron chi connectivity index (χ3n) is 1.79. The standard InChI is InChI=1S/C8H3ClF2N4/c9-6-1-5(7(10)11)14-8-4(2-12)3-13-15(6)8/h1,3,7H. The van der Waals surface area contributed by atoms with Crippen molar-refractivity contribution >= 4 is 17.2 Å². The molecule has 76 valence electrons. The zero-order valence-electron chi connectivity index (χ0n) is 7.15. The van der Waals surface area contributed by atoms with Gasteiger partial charge in [0.25, 0.3) is 6.43 Å². The summed E-state index contributed by atoms with van der Waals surface area (Å²) in [6.07, 6.45) is -1.50. The second-order valence-corrected chi connectivity index (χ2v) is 3.10. The van der Waals surface area contributed by atoms with Gasteiger partial charge in [-0.3, -0.25) is 0 Å². The fourth-order valence-corrected chi connectivity index (χ4v) is 1.37. The molecule has 2 heterocycles. The quantitative estimate of drug-likeness (QED) is 0.703. The lowest BCUT2D eigenvalue weighted by Crippen LogP contribution is -1.98. The van der Waals surface area contributed by atoms with Crippen molar-refractivity contribution < 1.29 is 8.78 Å². The zero-order valence-corrected chi connectivity index (χ0v) is 7.91. The van der Waals surface area contributed by atoms with Gasteiger partial charge >= 0.3 is 0 Å². The highest BCUT2D eigenvalue weighted by molar-refractivity contribution is 6.29. The normalized spacial score (nSPS) is 10.9. The van der Waals surface area contributed by atoms with Gasteiger partial charge in [-0.25, -0.2) is 18.3 Å². The molecular weight excluding hydrogens is 226 g/mol. The molecule has 15 heavy (non-hydrogen) atoms. The number of halogens is 3. The Bertz CT molecular complexity index is 558. The first-order valence-electron chi connectivity index (χ1n) is 3.86. The van der Waals surface area contributed by atoms with Gasteiger partial charge in [-0.05, 0) is 0 Å². The van der Waals surface area contributed by atoms with Crippen molar-refractivity contribution in [3.05, 3.63) is 28.7 Å². The molecule has 4 nitrogen and oxygen atoms in total. The molecule has 0 radical (unpaired) electrons. The third-order valence-corrected chi connectivity index (χ3v) is 2.06. The van der Waals surface area contributed by atoms with E-state index in [1.165, 1.54) is 6.20 Å². The maximum absolute atomic E-state index is 12.4. The second kappa shape index (κ2) is 3.44. The van der Waals surface area contributed by atoms with Gasteiger partial charge in [-0.2, -0.15) is 10.4 Å². The Hall–Kier alpha value is -1.74. The van der Waals surface area contributed by atoms with Crippen molar-refractivity contribution in [2.45, 2.75) is 6.43 Å². The third kappa shape index (κ3) is 1.51. The van der Waals surface area contributed by atoms with E-state index in [1.807, 2.05) is 0 Å². The molecule has 0 amide bonds. The molecular formula is C8H3ClF2N4. The van der Waals surface area contributed by atoms with Crippen LogP contribution < -0.4 is 0 Å². The number of rotatable bonds is 1. The summed E-state index contributed by atoms with van der Waals surface area (Å²) in [6, 6.07) is 2.82. The van der Waals surface area contributed by atoms with E-state index in [0.717, 1.165) is 10.6 Å². The van der Waals surface area contributed by atoms with Crippen LogP contribution in [0.15, 0.2) is 12.3 Å². The molecule has 0 saturated carbocycles. The summed E-state index contributed by atoms with van der Waals surface area (Å²) in [4.78, 5) is 3.61. The molecule has 2 rings (SSSR count). The van der Waals surface area contributed by atoms with E-state index in [9.17, 15) is 8.78 Å². The summed E-state index contributed by atoms with van der Waals surface area (Å²) in [5.74, 6) is 0. The molecule has 0 N–H and O–H groups in total. The highest BCUT2D eigenvalue weighted by Crippen LogP contribution is 2.22. The Morgan fingerprint density at radius 3 is 2.87 bits per heavy atom. The van der Waals surface area contributed by atoms with Crippen LogP contribution >= 0.6 is 11.6 Å². The Labute approximate surface area is 87.7 Å². The molecule has 0 saturated heterocycles. The van der Waals surface area contributed by atoms with Crippen LogP contribution in [0.3, 0.4) is 0 Å². The Balaban J connectivity index is 2.78. The molecule has 0 aliphatic carbocycles. The van der Waals surface area contributed by atoms with E-state index in [1.54, 1.807) is 6.07 Å². The van der Waals surface area contributed by atoms with Gasteiger partial charge in [0.1, 0.15) is 22.5 Å². The minimum Gasteiger partial charge on any atom is -0.226 e.